The van der Waals surface area contributed by atoms with Gasteiger partial charge in [-0.3, -0.25) is 0 Å². The Labute approximate surface area is 585 Å². The Kier molecular flexibility index (Phi) is 12.8. The lowest BCUT2D eigenvalue weighted by molar-refractivity contribution is 1.23. The predicted octanol–water partition coefficient (Wildman–Crippen LogP) is 24.8. The Morgan fingerprint density at radius 3 is 0.762 bits per heavy atom. The minimum absolute atomic E-state index is 0.221. The summed E-state index contributed by atoms with van der Waals surface area (Å²) < 4.78 is 0. The number of benzene rings is 19. The van der Waals surface area contributed by atoms with Crippen molar-refractivity contribution >= 4 is 188 Å². The zero-order valence-corrected chi connectivity index (χ0v) is 55.1. The van der Waals surface area contributed by atoms with Gasteiger partial charge >= 0.3 is 0 Å². The molecule has 2 aliphatic heterocycles. The first-order chi connectivity index (χ1) is 50.1. The first kappa shape index (κ1) is 56.9. The van der Waals surface area contributed by atoms with E-state index in [1.54, 1.807) is 0 Å². The van der Waals surface area contributed by atoms with Crippen LogP contribution in [0.4, 0.5) is 68.2 Å². The average molecular weight is 1280 g/mol. The highest BCUT2D eigenvalue weighted by atomic mass is 15.2. The van der Waals surface area contributed by atoms with Crippen LogP contribution in [-0.2, 0) is 0 Å². The maximum Gasteiger partial charge on any atom is 0.252 e. The van der Waals surface area contributed by atoms with Crippen molar-refractivity contribution in [1.82, 2.24) is 0 Å². The SMILES string of the molecule is c1ccc(N(c2ccccc2)c2ccc3c(c2)N(c2ccc4c5ccccc5c5ccccc5c4c2)c2cc(-c4ccc5c6ccccc6c6ccccc6c5c4)cc4c2B3c2ccc(N(c3ccccc3)c3ccccc3)cc2N4c2ccc3c4ccccc4c4ccccc4c3c2)cc1. The number of rotatable bonds is 9. The van der Waals surface area contributed by atoms with Crippen LogP contribution in [0.3, 0.4) is 0 Å². The molecule has 21 rings (SSSR count). The molecule has 2 aliphatic rings. The van der Waals surface area contributed by atoms with Crippen molar-refractivity contribution in [2.75, 3.05) is 19.6 Å². The van der Waals surface area contributed by atoms with Crippen molar-refractivity contribution in [2.45, 2.75) is 0 Å². The van der Waals surface area contributed by atoms with Crippen LogP contribution in [-0.4, -0.2) is 6.71 Å². The van der Waals surface area contributed by atoms with Gasteiger partial charge in [-0.15, -0.1) is 0 Å². The monoisotopic (exact) mass is 1280 g/mol. The Morgan fingerprint density at radius 2 is 0.446 bits per heavy atom. The molecule has 0 unspecified atom stereocenters. The van der Waals surface area contributed by atoms with E-state index in [2.05, 4.69) is 390 Å². The molecule has 5 heteroatoms. The molecule has 0 saturated carbocycles. The second kappa shape index (κ2) is 22.7. The lowest BCUT2D eigenvalue weighted by atomic mass is 9.33. The number of fused-ring (bicyclic) bond motifs is 22. The van der Waals surface area contributed by atoms with Crippen molar-refractivity contribution in [3.8, 4) is 11.1 Å². The summed E-state index contributed by atoms with van der Waals surface area (Å²) in [7, 11) is 0. The van der Waals surface area contributed by atoms with Crippen molar-refractivity contribution in [1.29, 1.82) is 0 Å². The van der Waals surface area contributed by atoms with E-state index in [-0.39, 0.29) is 6.71 Å². The van der Waals surface area contributed by atoms with E-state index in [4.69, 9.17) is 0 Å². The zero-order valence-electron chi connectivity index (χ0n) is 55.1. The van der Waals surface area contributed by atoms with Crippen LogP contribution in [0, 0.1) is 0 Å². The van der Waals surface area contributed by atoms with Gasteiger partial charge in [0.05, 0.1) is 0 Å². The Balaban J connectivity index is 0.908. The number of hydrogen-bond acceptors (Lipinski definition) is 4. The molecular formula is C96H61BN4. The van der Waals surface area contributed by atoms with Crippen LogP contribution >= 0.6 is 0 Å². The molecule has 0 atom stereocenters. The summed E-state index contributed by atoms with van der Waals surface area (Å²) >= 11 is 0. The normalized spacial score (nSPS) is 12.5. The molecule has 0 N–H and O–H groups in total. The fourth-order valence-electron chi connectivity index (χ4n) is 17.3. The van der Waals surface area contributed by atoms with Crippen molar-refractivity contribution in [3.05, 3.63) is 370 Å². The summed E-state index contributed by atoms with van der Waals surface area (Å²) in [5.41, 5.74) is 19.0. The second-order valence-corrected chi connectivity index (χ2v) is 27.0. The fraction of sp³-hybridized carbons (Fsp3) is 0. The zero-order chi connectivity index (χ0) is 66.2. The third-order valence-electron chi connectivity index (χ3n) is 21.7. The first-order valence-corrected chi connectivity index (χ1v) is 35.0. The molecule has 0 aliphatic carbocycles. The van der Waals surface area contributed by atoms with E-state index in [1.165, 1.54) is 113 Å². The minimum atomic E-state index is -0.221. The van der Waals surface area contributed by atoms with E-state index >= 15 is 0 Å². The molecular weight excluding hydrogens is 1220 g/mol. The van der Waals surface area contributed by atoms with Gasteiger partial charge in [-0.05, 0) is 240 Å². The average Bonchev–Trinajstić information content (AvgIpc) is 0.692. The molecule has 101 heavy (non-hydrogen) atoms. The number of para-hydroxylation sites is 4. The highest BCUT2D eigenvalue weighted by Gasteiger charge is 2.45. The lowest BCUT2D eigenvalue weighted by Gasteiger charge is -2.45. The van der Waals surface area contributed by atoms with Crippen LogP contribution in [0.5, 0.6) is 0 Å². The molecule has 19 aromatic carbocycles. The molecule has 0 bridgehead atoms. The predicted molar refractivity (Wildman–Crippen MR) is 433 cm³/mol. The van der Waals surface area contributed by atoms with Gasteiger partial charge in [-0.1, -0.05) is 255 Å². The number of anilines is 12. The third-order valence-corrected chi connectivity index (χ3v) is 21.7. The van der Waals surface area contributed by atoms with E-state index in [9.17, 15) is 0 Å². The van der Waals surface area contributed by atoms with Crippen LogP contribution in [0.1, 0.15) is 0 Å². The number of nitrogens with zero attached hydrogens (tertiary/aromatic N) is 4. The van der Waals surface area contributed by atoms with Gasteiger partial charge in [0.15, 0.2) is 0 Å². The summed E-state index contributed by atoms with van der Waals surface area (Å²) in [6.45, 7) is -0.221. The molecule has 19 aromatic rings. The molecule has 0 amide bonds. The maximum atomic E-state index is 2.63. The van der Waals surface area contributed by atoms with Crippen molar-refractivity contribution in [3.63, 3.8) is 0 Å². The quantitative estimate of drug-likeness (QED) is 0.105. The van der Waals surface area contributed by atoms with Gasteiger partial charge in [0, 0.05) is 68.2 Å². The molecule has 468 valence electrons. The smallest absolute Gasteiger partial charge is 0.252 e. The topological polar surface area (TPSA) is 13.0 Å². The summed E-state index contributed by atoms with van der Waals surface area (Å²) in [6, 6.07) is 139. The minimum Gasteiger partial charge on any atom is -0.311 e. The highest BCUT2D eigenvalue weighted by Crippen LogP contribution is 2.52. The van der Waals surface area contributed by atoms with Crippen LogP contribution in [0.25, 0.3) is 108 Å². The van der Waals surface area contributed by atoms with Gasteiger partial charge in [0.25, 0.3) is 6.71 Å². The van der Waals surface area contributed by atoms with Gasteiger partial charge in [-0.2, -0.15) is 0 Å². The Bertz CT molecular complexity index is 6110. The highest BCUT2D eigenvalue weighted by molar-refractivity contribution is 7.00. The van der Waals surface area contributed by atoms with E-state index in [1.807, 2.05) is 0 Å². The maximum absolute atomic E-state index is 2.63. The van der Waals surface area contributed by atoms with E-state index < -0.39 is 0 Å². The molecule has 0 saturated heterocycles. The Hall–Kier alpha value is -13.2. The lowest BCUT2D eigenvalue weighted by Crippen LogP contribution is -2.61. The third kappa shape index (κ3) is 8.83. The summed E-state index contributed by atoms with van der Waals surface area (Å²) in [4.78, 5) is 10.1. The molecule has 2 heterocycles. The van der Waals surface area contributed by atoms with Gasteiger partial charge in [0.1, 0.15) is 0 Å². The van der Waals surface area contributed by atoms with E-state index in [0.717, 1.165) is 79.4 Å². The van der Waals surface area contributed by atoms with Gasteiger partial charge < -0.3 is 19.6 Å². The molecule has 4 nitrogen and oxygen atoms in total. The molecule has 0 spiro atoms. The molecule has 0 fully saturated rings. The van der Waals surface area contributed by atoms with Crippen molar-refractivity contribution < 1.29 is 0 Å². The number of hydrogen-bond donors (Lipinski definition) is 0. The van der Waals surface area contributed by atoms with Gasteiger partial charge in [0.2, 0.25) is 0 Å². The standard InChI is InChI=1S/C96H61BN4/c1-5-25-64(26-6-1)98(65-27-7-2-8-28-65)70-48-53-90-92(60-70)100(68-46-51-85-79-40-17-14-34-73(79)76-37-20-23-43-82(76)88(85)58-68)94-56-63(62-45-50-84-78-39-16-13-33-72(78)75-36-19-22-42-81(75)87(84)55-62)57-95-96(94)97(90)91-54-49-71(99(66-29-9-3-10-30-66)67-31-11-4-12-32-67)61-93(91)101(95)69-47-52-86-80-41-18-15-35-74(80)77-38-21-24-44-83(77)89(86)59-69/h1-61H. The van der Waals surface area contributed by atoms with Gasteiger partial charge in [-0.25, -0.2) is 0 Å². The van der Waals surface area contributed by atoms with E-state index in [0.29, 0.717) is 0 Å². The van der Waals surface area contributed by atoms with Crippen LogP contribution in [0.15, 0.2) is 370 Å². The fourth-order valence-corrected chi connectivity index (χ4v) is 17.3. The molecule has 0 aromatic heterocycles. The molecule has 0 radical (unpaired) electrons. The van der Waals surface area contributed by atoms with Crippen molar-refractivity contribution in [2.24, 2.45) is 0 Å². The largest absolute Gasteiger partial charge is 0.311 e. The summed E-state index contributed by atoms with van der Waals surface area (Å²) in [5.74, 6) is 0. The van der Waals surface area contributed by atoms with Crippen LogP contribution < -0.4 is 36.0 Å². The summed E-state index contributed by atoms with van der Waals surface area (Å²) in [5, 5.41) is 22.3. The second-order valence-electron chi connectivity index (χ2n) is 27.0. The van der Waals surface area contributed by atoms with Crippen LogP contribution in [0.2, 0.25) is 0 Å². The Morgan fingerprint density at radius 1 is 0.178 bits per heavy atom. The first-order valence-electron chi connectivity index (χ1n) is 35.0. The summed E-state index contributed by atoms with van der Waals surface area (Å²) in [6.07, 6.45) is 0.